The Labute approximate surface area is 179 Å². The van der Waals surface area contributed by atoms with Gasteiger partial charge in [0.05, 0.1) is 0 Å². The van der Waals surface area contributed by atoms with Crippen molar-refractivity contribution in [2.75, 3.05) is 66.5 Å². The van der Waals surface area contributed by atoms with E-state index in [0.717, 1.165) is 38.6 Å². The van der Waals surface area contributed by atoms with Crippen LogP contribution in [0.1, 0.15) is 40.5 Å². The molecule has 156 valence electrons. The highest BCUT2D eigenvalue weighted by molar-refractivity contribution is 14.0. The van der Waals surface area contributed by atoms with Crippen LogP contribution in [0.25, 0.3) is 0 Å². The molecule has 0 aliphatic carbocycles. The van der Waals surface area contributed by atoms with Gasteiger partial charge in [-0.15, -0.1) is 24.0 Å². The molecule has 0 atom stereocenters. The van der Waals surface area contributed by atoms with Gasteiger partial charge in [0.2, 0.25) is 0 Å². The van der Waals surface area contributed by atoms with Crippen molar-refractivity contribution in [3.05, 3.63) is 0 Å². The van der Waals surface area contributed by atoms with E-state index < -0.39 is 0 Å². The predicted molar refractivity (Wildman–Crippen MR) is 125 cm³/mol. The maximum absolute atomic E-state index is 4.34. The number of hydrogen-bond acceptors (Lipinski definition) is 4. The smallest absolute Gasteiger partial charge is 0.191 e. The normalized spacial score (nSPS) is 17.5. The molecule has 7 heteroatoms. The molecule has 1 heterocycles. The van der Waals surface area contributed by atoms with Gasteiger partial charge in [-0.25, -0.2) is 0 Å². The van der Waals surface area contributed by atoms with Crippen molar-refractivity contribution in [3.63, 3.8) is 0 Å². The zero-order valence-electron chi connectivity index (χ0n) is 17.9. The lowest BCUT2D eigenvalue weighted by Crippen LogP contribution is -2.43. The molecule has 1 aliphatic heterocycles. The molecule has 1 rings (SSSR count). The van der Waals surface area contributed by atoms with Crippen LogP contribution in [0.15, 0.2) is 4.99 Å². The minimum Gasteiger partial charge on any atom is -0.356 e. The van der Waals surface area contributed by atoms with E-state index in [9.17, 15) is 0 Å². The number of rotatable bonds is 9. The summed E-state index contributed by atoms with van der Waals surface area (Å²) >= 11 is 0. The van der Waals surface area contributed by atoms with Crippen molar-refractivity contribution >= 4 is 29.9 Å². The Morgan fingerprint density at radius 1 is 1.00 bits per heavy atom. The van der Waals surface area contributed by atoms with Crippen LogP contribution < -0.4 is 10.6 Å². The topological polar surface area (TPSA) is 46.1 Å². The van der Waals surface area contributed by atoms with E-state index in [4.69, 9.17) is 0 Å². The summed E-state index contributed by atoms with van der Waals surface area (Å²) in [6.45, 7) is 18.0. The molecule has 0 unspecified atom stereocenters. The lowest BCUT2D eigenvalue weighted by Gasteiger charge is -2.30. The molecule has 1 saturated heterocycles. The number of halogens is 1. The van der Waals surface area contributed by atoms with Crippen LogP contribution in [0.4, 0.5) is 0 Å². The highest BCUT2D eigenvalue weighted by Crippen LogP contribution is 2.05. The van der Waals surface area contributed by atoms with Crippen molar-refractivity contribution < 1.29 is 0 Å². The fraction of sp³-hybridized carbons (Fsp3) is 0.947. The Bertz CT molecular complexity index is 367. The third-order valence-corrected chi connectivity index (χ3v) is 4.97. The summed E-state index contributed by atoms with van der Waals surface area (Å²) in [6, 6.07) is 1.20. The van der Waals surface area contributed by atoms with Gasteiger partial charge in [0, 0.05) is 58.4 Å². The second-order valence-electron chi connectivity index (χ2n) is 7.70. The summed E-state index contributed by atoms with van der Waals surface area (Å²) in [6.07, 6.45) is 2.40. The van der Waals surface area contributed by atoms with Crippen LogP contribution in [0.3, 0.4) is 0 Å². The van der Waals surface area contributed by atoms with Crippen LogP contribution in [0.2, 0.25) is 0 Å². The fourth-order valence-electron chi connectivity index (χ4n) is 3.46. The van der Waals surface area contributed by atoms with Crippen LogP contribution in [0, 0.1) is 0 Å². The summed E-state index contributed by atoms with van der Waals surface area (Å²) in [5, 5.41) is 6.90. The Kier molecular flexibility index (Phi) is 14.8. The molecule has 26 heavy (non-hydrogen) atoms. The second-order valence-corrected chi connectivity index (χ2v) is 7.70. The molecule has 1 fully saturated rings. The summed E-state index contributed by atoms with van der Waals surface area (Å²) in [7, 11) is 4.07. The number of aliphatic imine (C=N–C) groups is 1. The Morgan fingerprint density at radius 3 is 2.27 bits per heavy atom. The molecule has 0 aromatic heterocycles. The molecular formula is C19H43IN6. The Morgan fingerprint density at radius 2 is 1.65 bits per heavy atom. The largest absolute Gasteiger partial charge is 0.356 e. The first-order valence-electron chi connectivity index (χ1n) is 10.0. The van der Waals surface area contributed by atoms with Crippen molar-refractivity contribution in [2.45, 2.75) is 52.6 Å². The zero-order valence-corrected chi connectivity index (χ0v) is 20.3. The number of hydrogen-bond donors (Lipinski definition) is 2. The van der Waals surface area contributed by atoms with Gasteiger partial charge in [0.15, 0.2) is 5.96 Å². The first-order chi connectivity index (χ1) is 11.9. The average molecular weight is 482 g/mol. The van der Waals surface area contributed by atoms with Gasteiger partial charge >= 0.3 is 0 Å². The summed E-state index contributed by atoms with van der Waals surface area (Å²) < 4.78 is 0. The average Bonchev–Trinajstić information content (AvgIpc) is 2.76. The minimum absolute atomic E-state index is 0. The van der Waals surface area contributed by atoms with Crippen LogP contribution in [0.5, 0.6) is 0 Å². The number of guanidine groups is 1. The third kappa shape index (κ3) is 10.9. The Hall–Kier alpha value is -0.120. The van der Waals surface area contributed by atoms with Crippen LogP contribution in [-0.4, -0.2) is 99.2 Å². The molecule has 6 nitrogen and oxygen atoms in total. The van der Waals surface area contributed by atoms with Crippen molar-refractivity contribution in [2.24, 2.45) is 4.99 Å². The zero-order chi connectivity index (χ0) is 18.7. The molecule has 0 saturated carbocycles. The van der Waals surface area contributed by atoms with E-state index in [1.165, 1.54) is 32.6 Å². The predicted octanol–water partition coefficient (Wildman–Crippen LogP) is 1.92. The van der Waals surface area contributed by atoms with Gasteiger partial charge in [-0.2, -0.15) is 0 Å². The van der Waals surface area contributed by atoms with Gasteiger partial charge in [0.25, 0.3) is 0 Å². The maximum Gasteiger partial charge on any atom is 0.191 e. The molecule has 0 radical (unpaired) electrons. The van der Waals surface area contributed by atoms with Crippen LogP contribution >= 0.6 is 24.0 Å². The van der Waals surface area contributed by atoms with E-state index in [2.05, 4.69) is 65.1 Å². The second kappa shape index (κ2) is 14.9. The van der Waals surface area contributed by atoms with E-state index in [1.807, 2.05) is 7.05 Å². The molecule has 0 spiro atoms. The third-order valence-electron chi connectivity index (χ3n) is 4.97. The van der Waals surface area contributed by atoms with E-state index >= 15 is 0 Å². The lowest BCUT2D eigenvalue weighted by molar-refractivity contribution is 0.173. The van der Waals surface area contributed by atoms with Gasteiger partial charge in [-0.3, -0.25) is 9.89 Å². The van der Waals surface area contributed by atoms with Gasteiger partial charge < -0.3 is 20.4 Å². The lowest BCUT2D eigenvalue weighted by atomic mass is 10.2. The summed E-state index contributed by atoms with van der Waals surface area (Å²) in [5.74, 6) is 0.924. The highest BCUT2D eigenvalue weighted by atomic mass is 127. The molecule has 2 N–H and O–H groups in total. The van der Waals surface area contributed by atoms with E-state index in [-0.39, 0.29) is 24.0 Å². The van der Waals surface area contributed by atoms with E-state index in [0.29, 0.717) is 12.1 Å². The van der Waals surface area contributed by atoms with E-state index in [1.54, 1.807) is 0 Å². The standard InChI is InChI=1S/C19H42N6.HI/c1-17(2)25(18(3)4)13-7-9-21-19(20-5)22-10-14-24-12-8-11-23(6)15-16-24;/h17-18H,7-16H2,1-6H3,(H2,20,21,22);1H. The quantitative estimate of drug-likeness (QED) is 0.228. The molecule has 1 aliphatic rings. The molecule has 0 aromatic rings. The summed E-state index contributed by atoms with van der Waals surface area (Å²) in [4.78, 5) is 11.8. The molecule has 0 aromatic carbocycles. The van der Waals surface area contributed by atoms with Crippen molar-refractivity contribution in [1.82, 2.24) is 25.3 Å². The first-order valence-corrected chi connectivity index (χ1v) is 10.0. The number of nitrogens with zero attached hydrogens (tertiary/aromatic N) is 4. The number of likely N-dealkylation sites (N-methyl/N-ethyl adjacent to an activating group) is 1. The molecular weight excluding hydrogens is 439 g/mol. The fourth-order valence-corrected chi connectivity index (χ4v) is 3.46. The van der Waals surface area contributed by atoms with Crippen LogP contribution in [-0.2, 0) is 0 Å². The van der Waals surface area contributed by atoms with Crippen molar-refractivity contribution in [3.8, 4) is 0 Å². The number of nitrogens with one attached hydrogen (secondary N) is 2. The van der Waals surface area contributed by atoms with Gasteiger partial charge in [-0.1, -0.05) is 0 Å². The minimum atomic E-state index is 0. The van der Waals surface area contributed by atoms with Gasteiger partial charge in [-0.05, 0) is 60.7 Å². The SMILES string of the molecule is CN=C(NCCCN(C(C)C)C(C)C)NCCN1CCCN(C)CC1.I. The Balaban J connectivity index is 0.00000625. The monoisotopic (exact) mass is 482 g/mol. The highest BCUT2D eigenvalue weighted by Gasteiger charge is 2.13. The molecule has 0 amide bonds. The maximum atomic E-state index is 4.34. The summed E-state index contributed by atoms with van der Waals surface area (Å²) in [5.41, 5.74) is 0. The van der Waals surface area contributed by atoms with Crippen molar-refractivity contribution in [1.29, 1.82) is 0 Å². The first kappa shape index (κ1) is 25.9. The molecule has 0 bridgehead atoms. The van der Waals surface area contributed by atoms with Gasteiger partial charge in [0.1, 0.15) is 0 Å².